The number of hydrogen-bond donors (Lipinski definition) is 2. The molecule has 0 spiro atoms. The molecule has 1 heterocycles. The maximum absolute atomic E-state index is 11.1. The zero-order valence-electron chi connectivity index (χ0n) is 7.73. The summed E-state index contributed by atoms with van der Waals surface area (Å²) in [5.41, 5.74) is -0.205. The molecule has 0 aromatic carbocycles. The van der Waals surface area contributed by atoms with Crippen molar-refractivity contribution < 1.29 is 5.11 Å². The monoisotopic (exact) mass is 281 g/mol. The Morgan fingerprint density at radius 3 is 3.07 bits per heavy atom. The van der Waals surface area contributed by atoms with Crippen LogP contribution in [0.15, 0.2) is 9.95 Å². The fraction of sp³-hybridized carbons (Fsp3) is 0.714. The van der Waals surface area contributed by atoms with E-state index in [4.69, 9.17) is 0 Å². The molecule has 0 saturated carbocycles. The predicted molar refractivity (Wildman–Crippen MR) is 59.0 cm³/mol. The van der Waals surface area contributed by atoms with Gasteiger partial charge in [-0.05, 0) is 6.92 Å². The van der Waals surface area contributed by atoms with Gasteiger partial charge in [0.05, 0.1) is 6.10 Å². The van der Waals surface area contributed by atoms with Crippen LogP contribution >= 0.6 is 27.7 Å². The van der Waals surface area contributed by atoms with Gasteiger partial charge in [-0.15, -0.1) is 5.10 Å². The van der Waals surface area contributed by atoms with Gasteiger partial charge in [0.15, 0.2) is 5.16 Å². The van der Waals surface area contributed by atoms with E-state index in [2.05, 4.69) is 26.1 Å². The lowest BCUT2D eigenvalue weighted by Crippen LogP contribution is -2.17. The summed E-state index contributed by atoms with van der Waals surface area (Å²) in [6.07, 6.45) is -0.419. The summed E-state index contributed by atoms with van der Waals surface area (Å²) < 4.78 is 1.53. The topological polar surface area (TPSA) is 70.9 Å². The van der Waals surface area contributed by atoms with Crippen molar-refractivity contribution in [3.63, 3.8) is 0 Å². The highest BCUT2D eigenvalue weighted by atomic mass is 79.9. The van der Waals surface area contributed by atoms with Crippen molar-refractivity contribution in [3.05, 3.63) is 10.5 Å². The van der Waals surface area contributed by atoms with Crippen molar-refractivity contribution in [2.45, 2.75) is 24.7 Å². The van der Waals surface area contributed by atoms with E-state index in [1.807, 2.05) is 6.92 Å². The van der Waals surface area contributed by atoms with Crippen LogP contribution in [0.3, 0.4) is 0 Å². The first kappa shape index (κ1) is 11.8. The van der Waals surface area contributed by atoms with Gasteiger partial charge in [-0.3, -0.25) is 4.57 Å². The van der Waals surface area contributed by atoms with Crippen molar-refractivity contribution in [2.24, 2.45) is 0 Å². The third kappa shape index (κ3) is 2.86. The van der Waals surface area contributed by atoms with E-state index in [-0.39, 0.29) is 5.69 Å². The van der Waals surface area contributed by atoms with Crippen LogP contribution in [-0.2, 0) is 6.54 Å². The third-order valence-corrected chi connectivity index (χ3v) is 3.49. The maximum atomic E-state index is 11.1. The summed E-state index contributed by atoms with van der Waals surface area (Å²) in [4.78, 5) is 11.1. The number of halogens is 1. The standard InChI is InChI=1S/C7H12BrN3O2S/c1-2-11-6(13)9-10-7(11)14-4-5(12)3-8/h5,12H,2-4H2,1H3,(H,9,13). The minimum Gasteiger partial charge on any atom is -0.391 e. The second-order valence-electron chi connectivity index (χ2n) is 2.67. The first-order valence-electron chi connectivity index (χ1n) is 4.21. The third-order valence-electron chi connectivity index (χ3n) is 1.62. The first-order valence-corrected chi connectivity index (χ1v) is 6.31. The summed E-state index contributed by atoms with van der Waals surface area (Å²) in [6.45, 7) is 2.46. The molecule has 1 rings (SSSR count). The van der Waals surface area contributed by atoms with Gasteiger partial charge in [0.25, 0.3) is 0 Å². The molecule has 0 aliphatic rings. The second-order valence-corrected chi connectivity index (χ2v) is 4.31. The average Bonchev–Trinajstić information content (AvgIpc) is 2.55. The minimum absolute atomic E-state index is 0.205. The molecule has 1 unspecified atom stereocenters. The van der Waals surface area contributed by atoms with Crippen molar-refractivity contribution >= 4 is 27.7 Å². The molecule has 7 heteroatoms. The molecular weight excluding hydrogens is 270 g/mol. The zero-order chi connectivity index (χ0) is 10.6. The number of thioether (sulfide) groups is 1. The van der Waals surface area contributed by atoms with Crippen LogP contribution in [0.5, 0.6) is 0 Å². The molecule has 0 amide bonds. The fourth-order valence-corrected chi connectivity index (χ4v) is 2.38. The molecule has 1 atom stereocenters. The molecule has 0 fully saturated rings. The molecule has 0 aliphatic heterocycles. The average molecular weight is 282 g/mol. The minimum atomic E-state index is -0.419. The fourth-order valence-electron chi connectivity index (χ4n) is 0.908. The Morgan fingerprint density at radius 1 is 1.79 bits per heavy atom. The van der Waals surface area contributed by atoms with Crippen LogP contribution in [0.2, 0.25) is 0 Å². The number of nitrogens with one attached hydrogen (secondary N) is 1. The van der Waals surface area contributed by atoms with Crippen molar-refractivity contribution in [3.8, 4) is 0 Å². The Kier molecular flexibility index (Phi) is 4.70. The van der Waals surface area contributed by atoms with Gasteiger partial charge in [0.2, 0.25) is 0 Å². The first-order chi connectivity index (χ1) is 6.69. The smallest absolute Gasteiger partial charge is 0.343 e. The van der Waals surface area contributed by atoms with E-state index in [1.54, 1.807) is 0 Å². The number of aliphatic hydroxyl groups excluding tert-OH is 1. The van der Waals surface area contributed by atoms with E-state index < -0.39 is 6.10 Å². The maximum Gasteiger partial charge on any atom is 0.343 e. The van der Waals surface area contributed by atoms with Crippen LogP contribution in [0.25, 0.3) is 0 Å². The van der Waals surface area contributed by atoms with Gasteiger partial charge >= 0.3 is 5.69 Å². The number of rotatable bonds is 5. The Labute approximate surface area is 94.0 Å². The van der Waals surface area contributed by atoms with E-state index in [9.17, 15) is 9.90 Å². The Balaban J connectivity index is 2.62. The quantitative estimate of drug-likeness (QED) is 0.607. The molecule has 1 aromatic heterocycles. The van der Waals surface area contributed by atoms with Crippen LogP contribution in [0.4, 0.5) is 0 Å². The van der Waals surface area contributed by atoms with Crippen LogP contribution in [0.1, 0.15) is 6.92 Å². The number of aromatic nitrogens is 3. The van der Waals surface area contributed by atoms with Gasteiger partial charge in [0.1, 0.15) is 0 Å². The molecule has 5 nitrogen and oxygen atoms in total. The summed E-state index contributed by atoms with van der Waals surface area (Å²) >= 11 is 4.53. The zero-order valence-corrected chi connectivity index (χ0v) is 10.1. The van der Waals surface area contributed by atoms with E-state index in [0.29, 0.717) is 22.8 Å². The van der Waals surface area contributed by atoms with Crippen LogP contribution in [0, 0.1) is 0 Å². The van der Waals surface area contributed by atoms with Gasteiger partial charge in [-0.1, -0.05) is 27.7 Å². The molecule has 0 radical (unpaired) electrons. The van der Waals surface area contributed by atoms with Crippen LogP contribution in [-0.4, -0.2) is 37.1 Å². The predicted octanol–water partition coefficient (Wildman–Crippen LogP) is 0.439. The highest BCUT2D eigenvalue weighted by Gasteiger charge is 2.09. The molecule has 0 aliphatic carbocycles. The highest BCUT2D eigenvalue weighted by Crippen LogP contribution is 2.14. The number of hydrogen-bond acceptors (Lipinski definition) is 4. The Morgan fingerprint density at radius 2 is 2.50 bits per heavy atom. The van der Waals surface area contributed by atoms with Gasteiger partial charge in [-0.2, -0.15) is 0 Å². The molecular formula is C7H12BrN3O2S. The largest absolute Gasteiger partial charge is 0.391 e. The van der Waals surface area contributed by atoms with E-state index in [1.165, 1.54) is 16.3 Å². The second kappa shape index (κ2) is 5.57. The number of nitrogens with zero attached hydrogens (tertiary/aromatic N) is 2. The van der Waals surface area contributed by atoms with Crippen LogP contribution < -0.4 is 5.69 Å². The number of aliphatic hydroxyl groups is 1. The lowest BCUT2D eigenvalue weighted by molar-refractivity contribution is 0.226. The summed E-state index contributed by atoms with van der Waals surface area (Å²) in [7, 11) is 0. The van der Waals surface area contributed by atoms with Crippen molar-refractivity contribution in [1.82, 2.24) is 14.8 Å². The highest BCUT2D eigenvalue weighted by molar-refractivity contribution is 9.09. The lowest BCUT2D eigenvalue weighted by atomic mass is 10.5. The summed E-state index contributed by atoms with van der Waals surface area (Å²) in [6, 6.07) is 0. The van der Waals surface area contributed by atoms with Gasteiger partial charge < -0.3 is 5.11 Å². The molecule has 2 N–H and O–H groups in total. The van der Waals surface area contributed by atoms with Gasteiger partial charge in [0, 0.05) is 17.6 Å². The molecule has 0 bridgehead atoms. The number of alkyl halides is 1. The Hall–Kier alpha value is -0.270. The molecule has 14 heavy (non-hydrogen) atoms. The number of H-pyrrole nitrogens is 1. The van der Waals surface area contributed by atoms with Crippen molar-refractivity contribution in [2.75, 3.05) is 11.1 Å². The molecule has 0 saturated heterocycles. The molecule has 80 valence electrons. The summed E-state index contributed by atoms with van der Waals surface area (Å²) in [5, 5.41) is 16.7. The lowest BCUT2D eigenvalue weighted by Gasteiger charge is -2.05. The van der Waals surface area contributed by atoms with E-state index in [0.717, 1.165) is 0 Å². The Bertz CT molecular complexity index is 338. The van der Waals surface area contributed by atoms with Gasteiger partial charge in [-0.25, -0.2) is 9.89 Å². The number of aromatic amines is 1. The normalized spacial score (nSPS) is 13.1. The van der Waals surface area contributed by atoms with Crippen molar-refractivity contribution in [1.29, 1.82) is 0 Å². The SMILES string of the molecule is CCn1c(SCC(O)CBr)n[nH]c1=O. The van der Waals surface area contributed by atoms with E-state index >= 15 is 0 Å². The molecule has 1 aromatic rings. The summed E-state index contributed by atoms with van der Waals surface area (Å²) in [5.74, 6) is 0.523.